The number of rotatable bonds is 4. The summed E-state index contributed by atoms with van der Waals surface area (Å²) in [5.41, 5.74) is 4.63. The summed E-state index contributed by atoms with van der Waals surface area (Å²) in [6, 6.07) is 23.5. The van der Waals surface area contributed by atoms with Crippen molar-refractivity contribution in [3.05, 3.63) is 101 Å². The minimum absolute atomic E-state index is 0.105. The van der Waals surface area contributed by atoms with E-state index in [1.165, 1.54) is 24.2 Å². The highest BCUT2D eigenvalue weighted by atomic mass is 16.2. The molecule has 3 heterocycles. The number of amides is 4. The molecule has 2 fully saturated rings. The van der Waals surface area contributed by atoms with Crippen molar-refractivity contribution in [3.63, 3.8) is 0 Å². The Morgan fingerprint density at radius 1 is 0.805 bits per heavy atom. The van der Waals surface area contributed by atoms with Crippen molar-refractivity contribution in [2.75, 3.05) is 4.90 Å². The second kappa shape index (κ2) is 10.5. The molecule has 1 saturated carbocycles. The average Bonchev–Trinajstić information content (AvgIpc) is 3.47. The summed E-state index contributed by atoms with van der Waals surface area (Å²) < 4.78 is 0. The summed E-state index contributed by atoms with van der Waals surface area (Å²) in [6.45, 7) is 0. The first-order valence-corrected chi connectivity index (χ1v) is 14.8. The van der Waals surface area contributed by atoms with Gasteiger partial charge in [-0.3, -0.25) is 14.5 Å². The van der Waals surface area contributed by atoms with Gasteiger partial charge < -0.3 is 10.3 Å². The first kappa shape index (κ1) is 25.6. The SMILES string of the molecule is O=C(NC1CCCCCCC1)c1ccccc1N1C(=O)[C@@H]2Cc3c([nH]c4ccccc34)C(c3ccccc3)N2C1=O. The topological polar surface area (TPSA) is 85.5 Å². The Morgan fingerprint density at radius 3 is 2.29 bits per heavy atom. The van der Waals surface area contributed by atoms with E-state index < -0.39 is 18.1 Å². The second-order valence-electron chi connectivity index (χ2n) is 11.5. The van der Waals surface area contributed by atoms with Crippen molar-refractivity contribution in [1.82, 2.24) is 15.2 Å². The molecule has 4 aromatic rings. The minimum Gasteiger partial charge on any atom is -0.356 e. The Kier molecular flexibility index (Phi) is 6.57. The van der Waals surface area contributed by atoms with Gasteiger partial charge >= 0.3 is 6.03 Å². The van der Waals surface area contributed by atoms with Crippen LogP contribution in [0, 0.1) is 0 Å². The fourth-order valence-electron chi connectivity index (χ4n) is 7.00. The maximum absolute atomic E-state index is 14.3. The van der Waals surface area contributed by atoms with Crippen LogP contribution < -0.4 is 10.2 Å². The van der Waals surface area contributed by atoms with Gasteiger partial charge in [0.25, 0.3) is 11.8 Å². The third kappa shape index (κ3) is 4.40. The molecule has 2 N–H and O–H groups in total. The molecule has 1 aliphatic carbocycles. The number of nitrogens with one attached hydrogen (secondary N) is 2. The van der Waals surface area contributed by atoms with Crippen LogP contribution in [0.4, 0.5) is 10.5 Å². The summed E-state index contributed by atoms with van der Waals surface area (Å²) in [6.07, 6.45) is 8.16. The van der Waals surface area contributed by atoms with E-state index in [0.717, 1.165) is 53.4 Å². The van der Waals surface area contributed by atoms with Crippen LogP contribution >= 0.6 is 0 Å². The summed E-state index contributed by atoms with van der Waals surface area (Å²) >= 11 is 0. The number of H-pyrrole nitrogens is 1. The van der Waals surface area contributed by atoms with Gasteiger partial charge in [-0.15, -0.1) is 0 Å². The third-order valence-corrected chi connectivity index (χ3v) is 8.99. The van der Waals surface area contributed by atoms with Crippen molar-refractivity contribution in [2.45, 2.75) is 69.5 Å². The number of hydrogen-bond acceptors (Lipinski definition) is 3. The third-order valence-electron chi connectivity index (χ3n) is 8.99. The van der Waals surface area contributed by atoms with Gasteiger partial charge in [0.1, 0.15) is 12.1 Å². The van der Waals surface area contributed by atoms with Crippen molar-refractivity contribution in [2.24, 2.45) is 0 Å². The predicted octanol–water partition coefficient (Wildman–Crippen LogP) is 6.49. The van der Waals surface area contributed by atoms with E-state index in [9.17, 15) is 14.4 Å². The zero-order chi connectivity index (χ0) is 27.9. The van der Waals surface area contributed by atoms with Gasteiger partial charge in [0.15, 0.2) is 0 Å². The molecule has 0 radical (unpaired) electrons. The minimum atomic E-state index is -0.666. The quantitative estimate of drug-likeness (QED) is 0.287. The number of hydrogen-bond donors (Lipinski definition) is 2. The van der Waals surface area contributed by atoms with E-state index in [2.05, 4.69) is 16.4 Å². The Hall–Kier alpha value is -4.39. The van der Waals surface area contributed by atoms with E-state index in [0.29, 0.717) is 17.7 Å². The number of carbonyl (C=O) groups excluding carboxylic acids is 3. The molecule has 1 unspecified atom stereocenters. The molecule has 3 aromatic carbocycles. The monoisotopic (exact) mass is 546 g/mol. The zero-order valence-corrected chi connectivity index (χ0v) is 23.0. The van der Waals surface area contributed by atoms with Crippen LogP contribution in [0.3, 0.4) is 0 Å². The molecule has 7 heteroatoms. The van der Waals surface area contributed by atoms with Crippen molar-refractivity contribution < 1.29 is 14.4 Å². The highest BCUT2D eigenvalue weighted by Gasteiger charge is 2.53. The van der Waals surface area contributed by atoms with E-state index in [4.69, 9.17) is 0 Å². The molecular formula is C34H34N4O3. The molecule has 0 bridgehead atoms. The molecule has 7 rings (SSSR count). The predicted molar refractivity (Wildman–Crippen MR) is 159 cm³/mol. The molecule has 2 aliphatic heterocycles. The fraction of sp³-hybridized carbons (Fsp3) is 0.324. The smallest absolute Gasteiger partial charge is 0.332 e. The Bertz CT molecular complexity index is 1620. The summed E-state index contributed by atoms with van der Waals surface area (Å²) in [5.74, 6) is -0.523. The summed E-state index contributed by atoms with van der Waals surface area (Å²) in [7, 11) is 0. The number of aromatic nitrogens is 1. The van der Waals surface area contributed by atoms with E-state index >= 15 is 0 Å². The Balaban J connectivity index is 1.26. The molecule has 0 spiro atoms. The Morgan fingerprint density at radius 2 is 1.49 bits per heavy atom. The van der Waals surface area contributed by atoms with Gasteiger partial charge in [-0.05, 0) is 42.2 Å². The maximum atomic E-state index is 14.3. The number of fused-ring (bicyclic) bond motifs is 4. The normalized spacial score (nSPS) is 21.4. The first-order valence-electron chi connectivity index (χ1n) is 14.8. The van der Waals surface area contributed by atoms with Crippen LogP contribution in [0.2, 0.25) is 0 Å². The first-order chi connectivity index (χ1) is 20.1. The molecule has 208 valence electrons. The van der Waals surface area contributed by atoms with Gasteiger partial charge in [-0.2, -0.15) is 0 Å². The number of benzene rings is 3. The number of urea groups is 1. The lowest BCUT2D eigenvalue weighted by Gasteiger charge is -2.36. The number of imide groups is 1. The van der Waals surface area contributed by atoms with Crippen LogP contribution in [0.15, 0.2) is 78.9 Å². The zero-order valence-electron chi connectivity index (χ0n) is 23.0. The van der Waals surface area contributed by atoms with Crippen LogP contribution in [-0.2, 0) is 11.2 Å². The molecule has 7 nitrogen and oxygen atoms in total. The molecule has 3 aliphatic rings. The molecular weight excluding hydrogens is 512 g/mol. The number of para-hydroxylation sites is 2. The molecule has 4 amide bonds. The summed E-state index contributed by atoms with van der Waals surface area (Å²) in [4.78, 5) is 48.6. The van der Waals surface area contributed by atoms with Crippen LogP contribution in [0.1, 0.15) is 78.2 Å². The van der Waals surface area contributed by atoms with E-state index in [1.54, 1.807) is 29.2 Å². The number of carbonyl (C=O) groups is 3. The highest BCUT2D eigenvalue weighted by molar-refractivity contribution is 6.24. The van der Waals surface area contributed by atoms with Crippen molar-refractivity contribution >= 4 is 34.4 Å². The highest BCUT2D eigenvalue weighted by Crippen LogP contribution is 2.45. The van der Waals surface area contributed by atoms with Crippen LogP contribution in [0.5, 0.6) is 0 Å². The number of aromatic amines is 1. The Labute approximate surface area is 239 Å². The van der Waals surface area contributed by atoms with Gasteiger partial charge in [0.05, 0.1) is 11.3 Å². The van der Waals surface area contributed by atoms with Gasteiger partial charge in [0.2, 0.25) is 0 Å². The standard InChI is InChI=1S/C34H34N4O3/c39-32(35-23-15-7-2-1-3-8-16-23)25-18-10-12-20-28(25)38-33(40)29-21-26-24-17-9-11-19-27(24)36-30(26)31(37(29)34(38)41)22-13-5-4-6-14-22/h4-6,9-14,17-20,23,29,31,36H,1-3,7-8,15-16,21H2,(H,35,39)/t29-,31?/m0/s1. The number of anilines is 1. The van der Waals surface area contributed by atoms with Gasteiger partial charge in [0, 0.05) is 29.1 Å². The lowest BCUT2D eigenvalue weighted by molar-refractivity contribution is -0.120. The maximum Gasteiger partial charge on any atom is 0.332 e. The fourth-order valence-corrected chi connectivity index (χ4v) is 7.00. The molecule has 2 atom stereocenters. The largest absolute Gasteiger partial charge is 0.356 e. The number of nitrogens with zero attached hydrogens (tertiary/aromatic N) is 2. The van der Waals surface area contributed by atoms with Crippen LogP contribution in [-0.4, -0.2) is 39.8 Å². The van der Waals surface area contributed by atoms with Gasteiger partial charge in [-0.1, -0.05) is 92.8 Å². The molecule has 1 aromatic heterocycles. The van der Waals surface area contributed by atoms with E-state index in [-0.39, 0.29) is 17.9 Å². The van der Waals surface area contributed by atoms with Crippen molar-refractivity contribution in [1.29, 1.82) is 0 Å². The average molecular weight is 547 g/mol. The molecule has 1 saturated heterocycles. The second-order valence-corrected chi connectivity index (χ2v) is 11.5. The molecule has 41 heavy (non-hydrogen) atoms. The lowest BCUT2D eigenvalue weighted by atomic mass is 9.89. The van der Waals surface area contributed by atoms with Crippen molar-refractivity contribution in [3.8, 4) is 0 Å². The van der Waals surface area contributed by atoms with Gasteiger partial charge in [-0.25, -0.2) is 9.69 Å². The lowest BCUT2D eigenvalue weighted by Crippen LogP contribution is -2.44. The van der Waals surface area contributed by atoms with E-state index in [1.807, 2.05) is 48.5 Å². The summed E-state index contributed by atoms with van der Waals surface area (Å²) in [5, 5.41) is 4.29. The van der Waals surface area contributed by atoms with Crippen LogP contribution in [0.25, 0.3) is 10.9 Å².